The van der Waals surface area contributed by atoms with E-state index in [-0.39, 0.29) is 35.2 Å². The Balaban J connectivity index is 1.48. The molecule has 13 heteroatoms. The van der Waals surface area contributed by atoms with Gasteiger partial charge in [-0.1, -0.05) is 0 Å². The third kappa shape index (κ3) is 4.12. The predicted octanol–water partition coefficient (Wildman–Crippen LogP) is 3.21. The molecule has 0 aromatic carbocycles. The van der Waals surface area contributed by atoms with Gasteiger partial charge in [-0.15, -0.1) is 0 Å². The van der Waals surface area contributed by atoms with E-state index in [2.05, 4.69) is 15.4 Å². The molecule has 0 saturated heterocycles. The molecule has 178 valence electrons. The van der Waals surface area contributed by atoms with Crippen molar-refractivity contribution in [1.29, 1.82) is 0 Å². The number of carbonyl (C=O) groups excluding carboxylic acids is 1. The number of pyridine rings is 1. The number of hydrogen-bond donors (Lipinski definition) is 2. The molecule has 3 saturated carbocycles. The number of anilines is 1. The third-order valence-corrected chi connectivity index (χ3v) is 7.44. The van der Waals surface area contributed by atoms with Crippen LogP contribution in [0, 0.1) is 11.3 Å². The molecule has 1 atom stereocenters. The fraction of sp³-hybridized carbons (Fsp3) is 0.550. The first-order valence-corrected chi connectivity index (χ1v) is 12.0. The zero-order valence-electron chi connectivity index (χ0n) is 17.3. The molecule has 3 aliphatic carbocycles. The van der Waals surface area contributed by atoms with Crippen LogP contribution in [0.25, 0.3) is 0 Å². The van der Waals surface area contributed by atoms with Gasteiger partial charge < -0.3 is 5.32 Å². The van der Waals surface area contributed by atoms with Gasteiger partial charge >= 0.3 is 6.18 Å². The summed E-state index contributed by atoms with van der Waals surface area (Å²) in [5, 5.41) is 11.0. The smallest absolute Gasteiger partial charge is 0.320 e. The summed E-state index contributed by atoms with van der Waals surface area (Å²) in [4.78, 5) is 16.7. The zero-order valence-corrected chi connectivity index (χ0v) is 18.1. The van der Waals surface area contributed by atoms with E-state index in [1.165, 1.54) is 6.07 Å². The molecule has 8 nitrogen and oxygen atoms in total. The molecule has 2 heterocycles. The maximum atomic E-state index is 14.1. The molecule has 0 aliphatic heterocycles. The van der Waals surface area contributed by atoms with Crippen LogP contribution < -0.4 is 10.5 Å². The van der Waals surface area contributed by atoms with E-state index in [1.54, 1.807) is 0 Å². The highest BCUT2D eigenvalue weighted by molar-refractivity contribution is 7.89. The number of alkyl halides is 4. The number of rotatable bonds is 6. The van der Waals surface area contributed by atoms with Crippen molar-refractivity contribution in [1.82, 2.24) is 14.8 Å². The van der Waals surface area contributed by atoms with E-state index < -0.39 is 44.6 Å². The number of primary sulfonamides is 1. The molecular weight excluding hydrogens is 466 g/mol. The summed E-state index contributed by atoms with van der Waals surface area (Å²) in [6, 6.07) is 2.21. The van der Waals surface area contributed by atoms with Crippen molar-refractivity contribution < 1.29 is 30.8 Å². The lowest BCUT2D eigenvalue weighted by molar-refractivity contribution is -0.138. The van der Waals surface area contributed by atoms with Crippen molar-refractivity contribution in [2.45, 2.75) is 61.9 Å². The van der Waals surface area contributed by atoms with E-state index in [1.807, 2.05) is 0 Å². The SMILES string of the molecule is NS(=O)(=O)c1cc(NC(=O)c2c(C(F)(F)F)c(C3CC3)nn2CC2CC3(C2)CC3F)ccn1. The van der Waals surface area contributed by atoms with E-state index in [0.29, 0.717) is 32.1 Å². The first kappa shape index (κ1) is 22.3. The van der Waals surface area contributed by atoms with Gasteiger partial charge in [0.1, 0.15) is 17.4 Å². The van der Waals surface area contributed by atoms with Crippen LogP contribution in [0.2, 0.25) is 0 Å². The summed E-state index contributed by atoms with van der Waals surface area (Å²) in [5.41, 5.74) is -2.28. The van der Waals surface area contributed by atoms with Gasteiger partial charge in [-0.25, -0.2) is 22.9 Å². The van der Waals surface area contributed by atoms with Gasteiger partial charge in [0, 0.05) is 35.8 Å². The number of hydrogen-bond acceptors (Lipinski definition) is 5. The van der Waals surface area contributed by atoms with Gasteiger partial charge in [0.2, 0.25) is 0 Å². The average molecular weight is 487 g/mol. The molecule has 1 unspecified atom stereocenters. The average Bonchev–Trinajstić information content (AvgIpc) is 3.58. The number of nitrogens with zero attached hydrogens (tertiary/aromatic N) is 3. The standard InChI is InChI=1S/C20H21F4N5O3S/c21-13-8-19(13)6-10(7-19)9-29-17(15(20(22,23)24)16(28-29)11-1-2-11)18(30)27-12-3-4-26-14(5-12)33(25,31)32/h3-5,10-11,13H,1-2,6-9H2,(H2,25,31,32)(H,26,27,30). The van der Waals surface area contributed by atoms with Crippen LogP contribution in [0.4, 0.5) is 23.2 Å². The molecule has 1 amide bonds. The first-order valence-electron chi connectivity index (χ1n) is 10.5. The second-order valence-electron chi connectivity index (χ2n) is 9.25. The molecule has 5 rings (SSSR count). The van der Waals surface area contributed by atoms with Crippen LogP contribution in [0.3, 0.4) is 0 Å². The Morgan fingerprint density at radius 1 is 1.27 bits per heavy atom. The highest BCUT2D eigenvalue weighted by Gasteiger charge is 2.62. The molecule has 0 radical (unpaired) electrons. The van der Waals surface area contributed by atoms with Crippen molar-refractivity contribution in [3.8, 4) is 0 Å². The molecular formula is C20H21F4N5O3S. The van der Waals surface area contributed by atoms with Crippen LogP contribution in [0.5, 0.6) is 0 Å². The van der Waals surface area contributed by atoms with E-state index >= 15 is 0 Å². The largest absolute Gasteiger partial charge is 0.420 e. The van der Waals surface area contributed by atoms with Crippen LogP contribution in [-0.2, 0) is 22.7 Å². The van der Waals surface area contributed by atoms with E-state index in [9.17, 15) is 30.8 Å². The second kappa shape index (κ2) is 7.23. The fourth-order valence-corrected chi connectivity index (χ4v) is 5.28. The fourth-order valence-electron chi connectivity index (χ4n) is 4.78. The quantitative estimate of drug-likeness (QED) is 0.607. The van der Waals surface area contributed by atoms with Crippen LogP contribution in [0.1, 0.15) is 59.8 Å². The molecule has 33 heavy (non-hydrogen) atoms. The molecule has 3 fully saturated rings. The number of sulfonamides is 1. The molecule has 3 aliphatic rings. The zero-order chi connectivity index (χ0) is 23.8. The number of nitrogens with one attached hydrogen (secondary N) is 1. The minimum absolute atomic E-state index is 0.0692. The summed E-state index contributed by atoms with van der Waals surface area (Å²) >= 11 is 0. The second-order valence-corrected chi connectivity index (χ2v) is 10.8. The minimum atomic E-state index is -4.81. The number of halogens is 4. The highest BCUT2D eigenvalue weighted by Crippen LogP contribution is 2.65. The van der Waals surface area contributed by atoms with Crippen LogP contribution >= 0.6 is 0 Å². The first-order chi connectivity index (χ1) is 15.4. The maximum absolute atomic E-state index is 14.1. The summed E-state index contributed by atoms with van der Waals surface area (Å²) in [5.74, 6) is -1.51. The van der Waals surface area contributed by atoms with Crippen molar-refractivity contribution >= 4 is 21.6 Å². The Hall–Kier alpha value is -2.54. The Labute approximate surface area is 186 Å². The van der Waals surface area contributed by atoms with Gasteiger partial charge in [-0.3, -0.25) is 9.48 Å². The third-order valence-electron chi connectivity index (χ3n) is 6.64. The summed E-state index contributed by atoms with van der Waals surface area (Å²) in [7, 11) is -4.18. The number of nitrogens with two attached hydrogens (primary N) is 1. The van der Waals surface area contributed by atoms with Gasteiger partial charge in [0.15, 0.2) is 5.03 Å². The molecule has 2 aromatic heterocycles. The van der Waals surface area contributed by atoms with Crippen molar-refractivity contribution in [3.63, 3.8) is 0 Å². The van der Waals surface area contributed by atoms with Gasteiger partial charge in [-0.2, -0.15) is 18.3 Å². The van der Waals surface area contributed by atoms with Gasteiger partial charge in [-0.05, 0) is 44.1 Å². The van der Waals surface area contributed by atoms with Crippen LogP contribution in [-0.4, -0.2) is 35.3 Å². The van der Waals surface area contributed by atoms with E-state index in [4.69, 9.17) is 5.14 Å². The number of aromatic nitrogens is 3. The summed E-state index contributed by atoms with van der Waals surface area (Å²) in [6.45, 7) is 0.0752. The Kier molecular flexibility index (Phi) is 4.88. The van der Waals surface area contributed by atoms with Crippen molar-refractivity contribution in [3.05, 3.63) is 35.3 Å². The molecule has 2 aromatic rings. The lowest BCUT2D eigenvalue weighted by atomic mass is 9.71. The maximum Gasteiger partial charge on any atom is 0.420 e. The molecule has 1 spiro atoms. The Morgan fingerprint density at radius 2 is 1.94 bits per heavy atom. The number of amides is 1. The van der Waals surface area contributed by atoms with Gasteiger partial charge in [0.25, 0.3) is 15.9 Å². The molecule has 3 N–H and O–H groups in total. The minimum Gasteiger partial charge on any atom is -0.320 e. The summed E-state index contributed by atoms with van der Waals surface area (Å²) < 4.78 is 79.8. The van der Waals surface area contributed by atoms with Crippen molar-refractivity contribution in [2.24, 2.45) is 16.5 Å². The lowest BCUT2D eigenvalue weighted by Gasteiger charge is -2.35. The Bertz CT molecular complexity index is 1230. The Morgan fingerprint density at radius 3 is 2.48 bits per heavy atom. The van der Waals surface area contributed by atoms with Crippen molar-refractivity contribution in [2.75, 3.05) is 5.32 Å². The lowest BCUT2D eigenvalue weighted by Crippen LogP contribution is -2.32. The summed E-state index contributed by atoms with van der Waals surface area (Å²) in [6.07, 6.45) is -1.90. The predicted molar refractivity (Wildman–Crippen MR) is 107 cm³/mol. The number of carbonyl (C=O) groups is 1. The molecule has 0 bridgehead atoms. The van der Waals surface area contributed by atoms with Gasteiger partial charge in [0.05, 0.1) is 5.69 Å². The highest BCUT2D eigenvalue weighted by atomic mass is 32.2. The topological polar surface area (TPSA) is 120 Å². The van der Waals surface area contributed by atoms with E-state index in [0.717, 1.165) is 16.9 Å². The monoisotopic (exact) mass is 487 g/mol. The normalized spacial score (nSPS) is 26.8. The van der Waals surface area contributed by atoms with Crippen LogP contribution in [0.15, 0.2) is 23.4 Å².